The molecule has 2 aliphatic rings. The van der Waals surface area contributed by atoms with Crippen LogP contribution in [0.3, 0.4) is 0 Å². The van der Waals surface area contributed by atoms with Gasteiger partial charge < -0.3 is 20.3 Å². The number of aliphatic imine (C=N–C) groups is 1. The number of fused-ring (bicyclic) bond motifs is 2. The average molecular weight is 359 g/mol. The van der Waals surface area contributed by atoms with Crippen LogP contribution in [0.2, 0.25) is 0 Å². The fourth-order valence-electron chi connectivity index (χ4n) is 4.25. The van der Waals surface area contributed by atoms with E-state index in [1.807, 2.05) is 19.2 Å². The highest BCUT2D eigenvalue weighted by atomic mass is 16.5. The van der Waals surface area contributed by atoms with Crippen LogP contribution in [0.5, 0.6) is 5.75 Å². The summed E-state index contributed by atoms with van der Waals surface area (Å²) in [6, 6.07) is 10.2. The molecule has 2 fully saturated rings. The van der Waals surface area contributed by atoms with E-state index in [0.29, 0.717) is 6.04 Å². The molecule has 2 heterocycles. The van der Waals surface area contributed by atoms with Gasteiger partial charge in [-0.2, -0.15) is 0 Å². The van der Waals surface area contributed by atoms with E-state index in [1.54, 1.807) is 0 Å². The van der Waals surface area contributed by atoms with E-state index in [1.165, 1.54) is 37.7 Å². The smallest absolute Gasteiger partial charge is 0.191 e. The number of benzene rings is 1. The number of aryl methyl sites for hydroxylation is 1. The lowest BCUT2D eigenvalue weighted by molar-refractivity contribution is 0.0526. The van der Waals surface area contributed by atoms with E-state index < -0.39 is 0 Å². The first-order chi connectivity index (χ1) is 12.5. The van der Waals surface area contributed by atoms with Crippen molar-refractivity contribution in [3.8, 4) is 5.75 Å². The van der Waals surface area contributed by atoms with E-state index >= 15 is 0 Å². The molecule has 3 rings (SSSR count). The summed E-state index contributed by atoms with van der Waals surface area (Å²) in [5, 5.41) is 7.06. The Bertz CT molecular complexity index is 587. The molecule has 2 bridgehead atoms. The minimum atomic E-state index is 0.0770. The van der Waals surface area contributed by atoms with Gasteiger partial charge in [0.25, 0.3) is 0 Å². The number of nitrogens with zero attached hydrogens (tertiary/aromatic N) is 2. The minimum absolute atomic E-state index is 0.0770. The van der Waals surface area contributed by atoms with E-state index in [-0.39, 0.29) is 6.10 Å². The highest BCUT2D eigenvalue weighted by Crippen LogP contribution is 2.32. The van der Waals surface area contributed by atoms with Crippen LogP contribution in [0.1, 0.15) is 44.6 Å². The van der Waals surface area contributed by atoms with Crippen LogP contribution >= 0.6 is 0 Å². The summed E-state index contributed by atoms with van der Waals surface area (Å²) in [6.45, 7) is 4.90. The van der Waals surface area contributed by atoms with E-state index in [4.69, 9.17) is 4.74 Å². The van der Waals surface area contributed by atoms with Crippen molar-refractivity contribution in [2.45, 2.75) is 70.2 Å². The highest BCUT2D eigenvalue weighted by molar-refractivity contribution is 5.80. The maximum Gasteiger partial charge on any atom is 0.191 e. The highest BCUT2D eigenvalue weighted by Gasteiger charge is 2.36. The first kappa shape index (κ1) is 19.0. The Kier molecular flexibility index (Phi) is 6.41. The zero-order valence-electron chi connectivity index (χ0n) is 16.7. The molecular formula is C21H34N4O. The number of nitrogens with one attached hydrogen (secondary N) is 2. The van der Waals surface area contributed by atoms with Gasteiger partial charge in [0, 0.05) is 25.2 Å². The molecule has 2 aliphatic heterocycles. The van der Waals surface area contributed by atoms with Crippen molar-refractivity contribution >= 4 is 5.96 Å². The molecule has 2 N–H and O–H groups in total. The number of piperidine rings is 2. The maximum absolute atomic E-state index is 5.98. The molecule has 3 atom stereocenters. The number of ether oxygens (including phenoxy) is 1. The predicted molar refractivity (Wildman–Crippen MR) is 108 cm³/mol. The zero-order chi connectivity index (χ0) is 18.5. The van der Waals surface area contributed by atoms with Crippen LogP contribution in [0, 0.1) is 6.92 Å². The van der Waals surface area contributed by atoms with Crippen molar-refractivity contribution in [3.05, 3.63) is 29.8 Å². The Morgan fingerprint density at radius 3 is 2.50 bits per heavy atom. The Morgan fingerprint density at radius 2 is 1.88 bits per heavy atom. The van der Waals surface area contributed by atoms with Gasteiger partial charge in [0.05, 0.1) is 6.54 Å². The second-order valence-electron chi connectivity index (χ2n) is 7.91. The standard InChI is InChI=1S/C21H34N4O/c1-15-8-10-20(11-9-15)26-16(2)14-23-21(22-3)24-17-12-18-6-5-7-19(13-17)25(18)4/h8-11,16-19H,5-7,12-14H2,1-4H3,(H2,22,23,24). The maximum atomic E-state index is 5.98. The third kappa shape index (κ3) is 4.91. The first-order valence-corrected chi connectivity index (χ1v) is 9.97. The Balaban J connectivity index is 1.45. The summed E-state index contributed by atoms with van der Waals surface area (Å²) >= 11 is 0. The number of hydrogen-bond acceptors (Lipinski definition) is 3. The lowest BCUT2D eigenvalue weighted by Gasteiger charge is -2.47. The lowest BCUT2D eigenvalue weighted by Crippen LogP contribution is -2.57. The van der Waals surface area contributed by atoms with Crippen molar-refractivity contribution in [2.24, 2.45) is 4.99 Å². The average Bonchev–Trinajstić information content (AvgIpc) is 2.61. The summed E-state index contributed by atoms with van der Waals surface area (Å²) < 4.78 is 5.98. The normalized spacial score (nSPS) is 27.7. The van der Waals surface area contributed by atoms with Crippen LogP contribution in [-0.4, -0.2) is 55.7 Å². The van der Waals surface area contributed by atoms with Crippen molar-refractivity contribution in [2.75, 3.05) is 20.6 Å². The second kappa shape index (κ2) is 8.76. The topological polar surface area (TPSA) is 48.9 Å². The van der Waals surface area contributed by atoms with Crippen molar-refractivity contribution < 1.29 is 4.74 Å². The molecule has 0 spiro atoms. The van der Waals surface area contributed by atoms with Gasteiger partial charge >= 0.3 is 0 Å². The molecule has 0 radical (unpaired) electrons. The molecule has 1 aromatic rings. The van der Waals surface area contributed by atoms with Crippen molar-refractivity contribution in [1.82, 2.24) is 15.5 Å². The molecule has 0 aliphatic carbocycles. The zero-order valence-corrected chi connectivity index (χ0v) is 16.7. The van der Waals surface area contributed by atoms with Crippen LogP contribution in [-0.2, 0) is 0 Å². The summed E-state index contributed by atoms with van der Waals surface area (Å²) in [7, 11) is 4.14. The number of guanidine groups is 1. The minimum Gasteiger partial charge on any atom is -0.489 e. The first-order valence-electron chi connectivity index (χ1n) is 9.97. The summed E-state index contributed by atoms with van der Waals surface area (Å²) in [5.41, 5.74) is 1.25. The monoisotopic (exact) mass is 358 g/mol. The van der Waals surface area contributed by atoms with Crippen LogP contribution in [0.25, 0.3) is 0 Å². The third-order valence-corrected chi connectivity index (χ3v) is 5.82. The fourth-order valence-corrected chi connectivity index (χ4v) is 4.25. The third-order valence-electron chi connectivity index (χ3n) is 5.82. The van der Waals surface area contributed by atoms with Gasteiger partial charge in [-0.1, -0.05) is 24.1 Å². The van der Waals surface area contributed by atoms with Gasteiger partial charge in [0.1, 0.15) is 11.9 Å². The quantitative estimate of drug-likeness (QED) is 0.628. The van der Waals surface area contributed by atoms with Crippen molar-refractivity contribution in [3.63, 3.8) is 0 Å². The largest absolute Gasteiger partial charge is 0.489 e. The van der Waals surface area contributed by atoms with E-state index in [2.05, 4.69) is 53.6 Å². The molecule has 0 amide bonds. The molecule has 3 unspecified atom stereocenters. The second-order valence-corrected chi connectivity index (χ2v) is 7.91. The Morgan fingerprint density at radius 1 is 1.23 bits per heavy atom. The molecule has 26 heavy (non-hydrogen) atoms. The van der Waals surface area contributed by atoms with Crippen LogP contribution < -0.4 is 15.4 Å². The van der Waals surface area contributed by atoms with Gasteiger partial charge in [0.2, 0.25) is 0 Å². The lowest BCUT2D eigenvalue weighted by atomic mass is 9.82. The SMILES string of the molecule is CN=C(NCC(C)Oc1ccc(C)cc1)NC1CC2CCCC(C1)N2C. The van der Waals surface area contributed by atoms with E-state index in [9.17, 15) is 0 Å². The van der Waals surface area contributed by atoms with Crippen LogP contribution in [0.15, 0.2) is 29.3 Å². The number of hydrogen-bond donors (Lipinski definition) is 2. The summed E-state index contributed by atoms with van der Waals surface area (Å²) in [4.78, 5) is 7.00. The van der Waals surface area contributed by atoms with Gasteiger partial charge in [-0.15, -0.1) is 0 Å². The molecule has 2 saturated heterocycles. The molecule has 5 heteroatoms. The Hall–Kier alpha value is -1.75. The molecule has 0 saturated carbocycles. The molecular weight excluding hydrogens is 324 g/mol. The summed E-state index contributed by atoms with van der Waals surface area (Å²) in [6.07, 6.45) is 6.55. The van der Waals surface area contributed by atoms with Gasteiger partial charge in [-0.25, -0.2) is 0 Å². The summed E-state index contributed by atoms with van der Waals surface area (Å²) in [5.74, 6) is 1.80. The van der Waals surface area contributed by atoms with Crippen molar-refractivity contribution in [1.29, 1.82) is 0 Å². The van der Waals surface area contributed by atoms with E-state index in [0.717, 1.165) is 30.3 Å². The Labute approximate surface area is 158 Å². The van der Waals surface area contributed by atoms with Gasteiger partial charge in [-0.3, -0.25) is 4.99 Å². The molecule has 5 nitrogen and oxygen atoms in total. The predicted octanol–water partition coefficient (Wildman–Crippen LogP) is 2.94. The van der Waals surface area contributed by atoms with Gasteiger partial charge in [-0.05, 0) is 58.7 Å². The van der Waals surface area contributed by atoms with Crippen LogP contribution in [0.4, 0.5) is 0 Å². The van der Waals surface area contributed by atoms with Gasteiger partial charge in [0.15, 0.2) is 5.96 Å². The molecule has 1 aromatic carbocycles. The molecule has 0 aromatic heterocycles. The fraction of sp³-hybridized carbons (Fsp3) is 0.667. The number of rotatable bonds is 5. The molecule has 144 valence electrons.